The molecule has 2 heterocycles. The van der Waals surface area contributed by atoms with E-state index in [4.69, 9.17) is 9.47 Å². The molecule has 12 heteroatoms. The summed E-state index contributed by atoms with van der Waals surface area (Å²) in [4.78, 5) is 55.3. The van der Waals surface area contributed by atoms with Gasteiger partial charge in [-0.15, -0.1) is 5.48 Å². The monoisotopic (exact) mass is 512 g/mol. The molecule has 2 fully saturated rings. The van der Waals surface area contributed by atoms with Crippen molar-refractivity contribution in [2.24, 2.45) is 0 Å². The van der Waals surface area contributed by atoms with Crippen LogP contribution in [0.2, 0.25) is 0 Å². The molecule has 12 nitrogen and oxygen atoms in total. The number of esters is 1. The number of hydroxylamine groups is 1. The Kier molecular flexibility index (Phi) is 8.33. The molecule has 3 amide bonds. The first-order valence-corrected chi connectivity index (χ1v) is 11.9. The minimum absolute atomic E-state index is 0.0861. The van der Waals surface area contributed by atoms with Gasteiger partial charge < -0.3 is 29.6 Å². The van der Waals surface area contributed by atoms with E-state index in [0.29, 0.717) is 29.1 Å². The van der Waals surface area contributed by atoms with Gasteiger partial charge in [0.15, 0.2) is 12.2 Å². The van der Waals surface area contributed by atoms with Crippen molar-refractivity contribution in [1.82, 2.24) is 10.8 Å². The zero-order chi connectivity index (χ0) is 26.4. The number of anilines is 2. The molecule has 2 aromatic rings. The predicted molar refractivity (Wildman–Crippen MR) is 130 cm³/mol. The van der Waals surface area contributed by atoms with Crippen molar-refractivity contribution in [3.8, 4) is 0 Å². The fourth-order valence-corrected chi connectivity index (χ4v) is 3.84. The van der Waals surface area contributed by atoms with Gasteiger partial charge in [0.25, 0.3) is 11.8 Å². The van der Waals surface area contributed by atoms with Crippen molar-refractivity contribution >= 4 is 35.3 Å². The average Bonchev–Trinajstić information content (AvgIpc) is 3.35. The Bertz CT molecular complexity index is 1160. The second-order valence-electron chi connectivity index (χ2n) is 8.46. The van der Waals surface area contributed by atoms with E-state index in [9.17, 15) is 24.3 Å². The van der Waals surface area contributed by atoms with Crippen LogP contribution in [0.4, 0.5) is 16.2 Å². The summed E-state index contributed by atoms with van der Waals surface area (Å²) >= 11 is 0. The lowest BCUT2D eigenvalue weighted by Gasteiger charge is -2.34. The third kappa shape index (κ3) is 6.23. The molecule has 0 spiro atoms. The molecule has 4 N–H and O–H groups in total. The number of rotatable bonds is 9. The normalized spacial score (nSPS) is 20.1. The number of nitrogens with zero attached hydrogens (tertiary/aromatic N) is 1. The third-order valence-corrected chi connectivity index (χ3v) is 5.84. The van der Waals surface area contributed by atoms with Crippen LogP contribution in [0.1, 0.15) is 41.9 Å². The topological polar surface area (TPSA) is 156 Å². The molecule has 2 saturated heterocycles. The fourth-order valence-electron chi connectivity index (χ4n) is 3.84. The predicted octanol–water partition coefficient (Wildman–Crippen LogP) is 1.62. The number of aliphatic hydroxyl groups is 1. The van der Waals surface area contributed by atoms with Gasteiger partial charge in [-0.05, 0) is 42.3 Å². The molecule has 0 radical (unpaired) electrons. The maximum Gasteiger partial charge on any atom is 0.427 e. The Morgan fingerprint density at radius 3 is 2.70 bits per heavy atom. The lowest BCUT2D eigenvalue weighted by molar-refractivity contribution is -0.150. The second-order valence-corrected chi connectivity index (χ2v) is 8.46. The smallest absolute Gasteiger partial charge is 0.427 e. The van der Waals surface area contributed by atoms with Gasteiger partial charge in [-0.3, -0.25) is 14.9 Å². The van der Waals surface area contributed by atoms with Crippen LogP contribution in [-0.4, -0.2) is 60.9 Å². The van der Waals surface area contributed by atoms with Gasteiger partial charge >= 0.3 is 12.1 Å². The number of carbonyl (C=O) groups excluding carboxylic acids is 4. The van der Waals surface area contributed by atoms with Crippen LogP contribution in [0.3, 0.4) is 0 Å². The number of amides is 3. The first-order chi connectivity index (χ1) is 17.9. The van der Waals surface area contributed by atoms with E-state index in [1.54, 1.807) is 42.5 Å². The van der Waals surface area contributed by atoms with E-state index in [0.717, 1.165) is 12.8 Å². The largest absolute Gasteiger partial charge is 0.462 e. The maximum atomic E-state index is 13.1. The molecule has 3 atom stereocenters. The lowest BCUT2D eigenvalue weighted by Crippen LogP contribution is -2.55. The van der Waals surface area contributed by atoms with Crippen molar-refractivity contribution in [2.75, 3.05) is 30.0 Å². The summed E-state index contributed by atoms with van der Waals surface area (Å²) in [5.41, 5.74) is 4.30. The van der Waals surface area contributed by atoms with Gasteiger partial charge in [0.2, 0.25) is 0 Å². The molecular formula is C25H28N4O8. The summed E-state index contributed by atoms with van der Waals surface area (Å²) < 4.78 is 10.7. The molecule has 2 aliphatic rings. The lowest BCUT2D eigenvalue weighted by atomic mass is 10.1. The van der Waals surface area contributed by atoms with Gasteiger partial charge in [0, 0.05) is 17.9 Å². The van der Waals surface area contributed by atoms with Crippen molar-refractivity contribution in [3.05, 3.63) is 59.7 Å². The van der Waals surface area contributed by atoms with Crippen molar-refractivity contribution in [3.63, 3.8) is 0 Å². The molecule has 4 rings (SSSR count). The van der Waals surface area contributed by atoms with Crippen LogP contribution in [0.15, 0.2) is 48.5 Å². The highest BCUT2D eigenvalue weighted by molar-refractivity contribution is 6.04. The van der Waals surface area contributed by atoms with Crippen LogP contribution >= 0.6 is 0 Å². The summed E-state index contributed by atoms with van der Waals surface area (Å²) in [7, 11) is 0. The number of unbranched alkanes of at least 4 members (excludes halogenated alkanes) is 1. The van der Waals surface area contributed by atoms with E-state index >= 15 is 0 Å². The Morgan fingerprint density at radius 1 is 1.22 bits per heavy atom. The Labute approximate surface area is 212 Å². The minimum Gasteiger partial charge on any atom is -0.462 e. The molecule has 0 saturated carbocycles. The van der Waals surface area contributed by atoms with Crippen molar-refractivity contribution in [1.29, 1.82) is 0 Å². The highest BCUT2D eigenvalue weighted by Gasteiger charge is 2.39. The maximum absolute atomic E-state index is 13.1. The van der Waals surface area contributed by atoms with Crippen LogP contribution in [-0.2, 0) is 23.9 Å². The number of hydrogen-bond acceptors (Lipinski definition) is 9. The van der Waals surface area contributed by atoms with Gasteiger partial charge in [-0.2, -0.15) is 0 Å². The quantitative estimate of drug-likeness (QED) is 0.290. The summed E-state index contributed by atoms with van der Waals surface area (Å²) in [6.07, 6.45) is -2.69. The van der Waals surface area contributed by atoms with E-state index in [-0.39, 0.29) is 13.2 Å². The summed E-state index contributed by atoms with van der Waals surface area (Å²) in [6, 6.07) is 12.9. The Balaban J connectivity index is 1.38. The van der Waals surface area contributed by atoms with Crippen LogP contribution in [0.25, 0.3) is 0 Å². The summed E-state index contributed by atoms with van der Waals surface area (Å²) in [5.74, 6) is -1.92. The molecule has 0 bridgehead atoms. The van der Waals surface area contributed by atoms with Crippen LogP contribution in [0, 0.1) is 0 Å². The van der Waals surface area contributed by atoms with Crippen molar-refractivity contribution in [2.45, 2.75) is 38.1 Å². The van der Waals surface area contributed by atoms with E-state index < -0.39 is 42.3 Å². The zero-order valence-corrected chi connectivity index (χ0v) is 20.1. The van der Waals surface area contributed by atoms with Gasteiger partial charge in [0.05, 0.1) is 18.8 Å². The molecule has 196 valence electrons. The number of ether oxygens (including phenoxy) is 2. The second kappa shape index (κ2) is 11.8. The van der Waals surface area contributed by atoms with E-state index in [1.807, 2.05) is 6.92 Å². The number of carbonyl (C=O) groups is 4. The SMILES string of the molecule is CCCCOC(=O)c1cccc(N2CCO[C@H]([C@@H](O)C(=O)Nc3ccc(C4NOC(=O)N4)cc3)C2=O)c1. The molecule has 0 aliphatic carbocycles. The number of aliphatic hydroxyl groups excluding tert-OH is 1. The van der Waals surface area contributed by atoms with E-state index in [1.165, 1.54) is 11.0 Å². The standard InChI is InChI=1S/C25H28N4O8/c1-2-3-12-36-24(33)16-5-4-6-18(14-16)29-11-13-35-20(23(29)32)19(30)22(31)26-17-9-7-15(8-10-17)21-27-25(34)37-28-21/h4-10,14,19-21,28,30H,2-3,11-13H2,1H3,(H,26,31)(H,27,34)/t19-,20-,21?/m1/s1. The highest BCUT2D eigenvalue weighted by atomic mass is 16.7. The molecular weight excluding hydrogens is 484 g/mol. The number of hydrogen-bond donors (Lipinski definition) is 4. The minimum atomic E-state index is -1.78. The van der Waals surface area contributed by atoms with Gasteiger partial charge in [0.1, 0.15) is 6.17 Å². The zero-order valence-electron chi connectivity index (χ0n) is 20.1. The third-order valence-electron chi connectivity index (χ3n) is 5.84. The first kappa shape index (κ1) is 26.1. The number of benzene rings is 2. The van der Waals surface area contributed by atoms with Crippen molar-refractivity contribution < 1.29 is 38.6 Å². The van der Waals surface area contributed by atoms with Gasteiger partial charge in [-0.1, -0.05) is 31.5 Å². The molecule has 0 aromatic heterocycles. The van der Waals surface area contributed by atoms with Crippen LogP contribution < -0.4 is 21.0 Å². The molecule has 2 aliphatic heterocycles. The number of morpholine rings is 1. The van der Waals surface area contributed by atoms with E-state index in [2.05, 4.69) is 21.0 Å². The Hall–Kier alpha value is -4.00. The average molecular weight is 513 g/mol. The molecule has 1 unspecified atom stereocenters. The first-order valence-electron chi connectivity index (χ1n) is 11.9. The van der Waals surface area contributed by atoms with Gasteiger partial charge in [-0.25, -0.2) is 9.59 Å². The Morgan fingerprint density at radius 2 is 2.00 bits per heavy atom. The molecule has 2 aromatic carbocycles. The summed E-state index contributed by atoms with van der Waals surface area (Å²) in [6.45, 7) is 2.58. The molecule has 37 heavy (non-hydrogen) atoms. The number of nitrogens with one attached hydrogen (secondary N) is 3. The summed E-state index contributed by atoms with van der Waals surface area (Å²) in [5, 5.41) is 15.7. The fraction of sp³-hybridized carbons (Fsp3) is 0.360. The highest BCUT2D eigenvalue weighted by Crippen LogP contribution is 2.23. The van der Waals surface area contributed by atoms with Crippen LogP contribution in [0.5, 0.6) is 0 Å².